The van der Waals surface area contributed by atoms with Crippen molar-refractivity contribution in [1.82, 2.24) is 19.4 Å². The van der Waals surface area contributed by atoms with Crippen molar-refractivity contribution in [1.29, 1.82) is 0 Å². The van der Waals surface area contributed by atoms with Gasteiger partial charge in [-0.2, -0.15) is 0 Å². The molecule has 1 amide bonds. The van der Waals surface area contributed by atoms with Crippen LogP contribution in [-0.4, -0.2) is 38.4 Å². The summed E-state index contributed by atoms with van der Waals surface area (Å²) in [6.07, 6.45) is 8.88. The zero-order valence-electron chi connectivity index (χ0n) is 13.4. The van der Waals surface area contributed by atoms with Crippen LogP contribution in [0.25, 0.3) is 0 Å². The Balaban J connectivity index is 1.66. The molecule has 0 aliphatic carbocycles. The van der Waals surface area contributed by atoms with Gasteiger partial charge in [-0.05, 0) is 32.8 Å². The third kappa shape index (κ3) is 3.39. The molecule has 23 heavy (non-hydrogen) atoms. The maximum absolute atomic E-state index is 12.5. The first-order valence-corrected chi connectivity index (χ1v) is 8.36. The van der Waals surface area contributed by atoms with Gasteiger partial charge in [-0.1, -0.05) is 11.6 Å². The fourth-order valence-electron chi connectivity index (χ4n) is 3.13. The summed E-state index contributed by atoms with van der Waals surface area (Å²) in [5, 5.41) is 0.490. The predicted molar refractivity (Wildman–Crippen MR) is 89.7 cm³/mol. The first-order valence-electron chi connectivity index (χ1n) is 7.99. The standard InChI is InChI=1S/C17H21ClN4O/c1-12(2)22-8-5-20-16(22)13-3-6-21(7-4-13)17(23)14-9-15(18)11-19-10-14/h5,8-13H,3-4,6-7H2,1-2H3. The monoisotopic (exact) mass is 332 g/mol. The molecular weight excluding hydrogens is 312 g/mol. The second kappa shape index (κ2) is 6.71. The van der Waals surface area contributed by atoms with Gasteiger partial charge >= 0.3 is 0 Å². The lowest BCUT2D eigenvalue weighted by molar-refractivity contribution is 0.0709. The van der Waals surface area contributed by atoms with E-state index in [1.54, 1.807) is 12.3 Å². The molecule has 1 aliphatic rings. The molecule has 1 fully saturated rings. The number of hydrogen-bond acceptors (Lipinski definition) is 3. The Morgan fingerprint density at radius 1 is 1.30 bits per heavy atom. The highest BCUT2D eigenvalue weighted by molar-refractivity contribution is 6.30. The van der Waals surface area contributed by atoms with Gasteiger partial charge in [0, 0.05) is 49.8 Å². The van der Waals surface area contributed by atoms with Crippen molar-refractivity contribution in [3.63, 3.8) is 0 Å². The summed E-state index contributed by atoms with van der Waals surface area (Å²) in [6, 6.07) is 2.08. The first-order chi connectivity index (χ1) is 11.1. The Hall–Kier alpha value is -1.88. The summed E-state index contributed by atoms with van der Waals surface area (Å²) >= 11 is 5.92. The fourth-order valence-corrected chi connectivity index (χ4v) is 3.30. The fraction of sp³-hybridized carbons (Fsp3) is 0.471. The normalized spacial score (nSPS) is 16.1. The zero-order valence-corrected chi connectivity index (χ0v) is 14.2. The summed E-state index contributed by atoms with van der Waals surface area (Å²) in [4.78, 5) is 22.9. The highest BCUT2D eigenvalue weighted by atomic mass is 35.5. The number of halogens is 1. The van der Waals surface area contributed by atoms with Crippen molar-refractivity contribution in [2.24, 2.45) is 0 Å². The van der Waals surface area contributed by atoms with E-state index in [4.69, 9.17) is 11.6 Å². The molecular formula is C17H21ClN4O. The van der Waals surface area contributed by atoms with Crippen LogP contribution in [0.1, 0.15) is 54.8 Å². The molecule has 6 heteroatoms. The zero-order chi connectivity index (χ0) is 16.4. The molecule has 0 N–H and O–H groups in total. The number of likely N-dealkylation sites (tertiary alicyclic amines) is 1. The van der Waals surface area contributed by atoms with E-state index in [9.17, 15) is 4.79 Å². The number of rotatable bonds is 3. The lowest BCUT2D eigenvalue weighted by Crippen LogP contribution is -2.38. The molecule has 0 saturated carbocycles. The third-order valence-corrected chi connectivity index (χ3v) is 4.56. The van der Waals surface area contributed by atoms with Gasteiger partial charge in [0.1, 0.15) is 5.82 Å². The maximum atomic E-state index is 12.5. The smallest absolute Gasteiger partial charge is 0.255 e. The highest BCUT2D eigenvalue weighted by Gasteiger charge is 2.27. The molecule has 1 aliphatic heterocycles. The molecule has 3 rings (SSSR count). The van der Waals surface area contributed by atoms with E-state index >= 15 is 0 Å². The molecule has 0 atom stereocenters. The topological polar surface area (TPSA) is 51.0 Å². The van der Waals surface area contributed by atoms with E-state index in [0.717, 1.165) is 31.8 Å². The molecule has 5 nitrogen and oxygen atoms in total. The van der Waals surface area contributed by atoms with Crippen molar-refractivity contribution >= 4 is 17.5 Å². The number of imidazole rings is 1. The molecule has 1 saturated heterocycles. The second-order valence-electron chi connectivity index (χ2n) is 6.24. The van der Waals surface area contributed by atoms with Crippen LogP contribution < -0.4 is 0 Å². The van der Waals surface area contributed by atoms with E-state index in [2.05, 4.69) is 28.4 Å². The van der Waals surface area contributed by atoms with Crippen LogP contribution in [0.4, 0.5) is 0 Å². The van der Waals surface area contributed by atoms with Crippen LogP contribution in [0.5, 0.6) is 0 Å². The average molecular weight is 333 g/mol. The van der Waals surface area contributed by atoms with Crippen LogP contribution in [-0.2, 0) is 0 Å². The largest absolute Gasteiger partial charge is 0.339 e. The summed E-state index contributed by atoms with van der Waals surface area (Å²) in [5.74, 6) is 1.55. The van der Waals surface area contributed by atoms with Crippen molar-refractivity contribution in [2.75, 3.05) is 13.1 Å². The van der Waals surface area contributed by atoms with Crippen LogP contribution in [0.15, 0.2) is 30.9 Å². The maximum Gasteiger partial charge on any atom is 0.255 e. The minimum absolute atomic E-state index is 0.00523. The van der Waals surface area contributed by atoms with Crippen LogP contribution in [0.2, 0.25) is 5.02 Å². The number of piperidine rings is 1. The van der Waals surface area contributed by atoms with Crippen molar-refractivity contribution in [3.8, 4) is 0 Å². The number of amides is 1. The number of aromatic nitrogens is 3. The number of carbonyl (C=O) groups excluding carboxylic acids is 1. The van der Waals surface area contributed by atoms with Gasteiger partial charge in [-0.25, -0.2) is 4.98 Å². The minimum Gasteiger partial charge on any atom is -0.339 e. The number of hydrogen-bond donors (Lipinski definition) is 0. The van der Waals surface area contributed by atoms with Gasteiger partial charge in [-0.3, -0.25) is 9.78 Å². The van der Waals surface area contributed by atoms with E-state index in [0.29, 0.717) is 22.5 Å². The lowest BCUT2D eigenvalue weighted by atomic mass is 9.95. The van der Waals surface area contributed by atoms with Crippen LogP contribution in [0.3, 0.4) is 0 Å². The third-order valence-electron chi connectivity index (χ3n) is 4.35. The Morgan fingerprint density at radius 2 is 2.04 bits per heavy atom. The van der Waals surface area contributed by atoms with Crippen LogP contribution in [0, 0.1) is 0 Å². The quantitative estimate of drug-likeness (QED) is 0.864. The van der Waals surface area contributed by atoms with Gasteiger partial charge < -0.3 is 9.47 Å². The SMILES string of the molecule is CC(C)n1ccnc1C1CCN(C(=O)c2cncc(Cl)c2)CC1. The molecule has 2 aromatic heterocycles. The van der Waals surface area contributed by atoms with Gasteiger partial charge in [0.25, 0.3) is 5.91 Å². The van der Waals surface area contributed by atoms with E-state index in [-0.39, 0.29) is 5.91 Å². The average Bonchev–Trinajstić information content (AvgIpc) is 3.04. The molecule has 122 valence electrons. The molecule has 0 unspecified atom stereocenters. The van der Waals surface area contributed by atoms with Gasteiger partial charge in [0.05, 0.1) is 10.6 Å². The summed E-state index contributed by atoms with van der Waals surface area (Å²) < 4.78 is 2.23. The van der Waals surface area contributed by atoms with Gasteiger partial charge in [0.15, 0.2) is 0 Å². The predicted octanol–water partition coefficient (Wildman–Crippen LogP) is 3.53. The van der Waals surface area contributed by atoms with Crippen LogP contribution >= 0.6 is 11.6 Å². The summed E-state index contributed by atoms with van der Waals surface area (Å²) in [5.41, 5.74) is 0.555. The Bertz CT molecular complexity index is 689. The van der Waals surface area contributed by atoms with E-state index < -0.39 is 0 Å². The lowest BCUT2D eigenvalue weighted by Gasteiger charge is -2.32. The number of pyridine rings is 1. The molecule has 0 spiro atoms. The van der Waals surface area contributed by atoms with E-state index in [1.165, 1.54) is 6.20 Å². The molecule has 0 aromatic carbocycles. The molecule has 0 bridgehead atoms. The Kier molecular flexibility index (Phi) is 4.66. The summed E-state index contributed by atoms with van der Waals surface area (Å²) in [6.45, 7) is 5.80. The van der Waals surface area contributed by atoms with Gasteiger partial charge in [0.2, 0.25) is 0 Å². The molecule has 0 radical (unpaired) electrons. The first kappa shape index (κ1) is 16.0. The highest BCUT2D eigenvalue weighted by Crippen LogP contribution is 2.29. The number of nitrogens with zero attached hydrogens (tertiary/aromatic N) is 4. The van der Waals surface area contributed by atoms with Crippen molar-refractivity contribution in [3.05, 3.63) is 47.3 Å². The van der Waals surface area contributed by atoms with Crippen molar-refractivity contribution < 1.29 is 4.79 Å². The van der Waals surface area contributed by atoms with E-state index in [1.807, 2.05) is 17.3 Å². The van der Waals surface area contributed by atoms with Crippen molar-refractivity contribution in [2.45, 2.75) is 38.6 Å². The second-order valence-corrected chi connectivity index (χ2v) is 6.68. The Morgan fingerprint density at radius 3 is 2.70 bits per heavy atom. The number of carbonyl (C=O) groups is 1. The molecule has 3 heterocycles. The molecule has 2 aromatic rings. The summed E-state index contributed by atoms with van der Waals surface area (Å²) in [7, 11) is 0. The minimum atomic E-state index is 0.00523. The van der Waals surface area contributed by atoms with Gasteiger partial charge in [-0.15, -0.1) is 0 Å². The Labute approximate surface area is 141 Å².